The van der Waals surface area contributed by atoms with Gasteiger partial charge in [0, 0.05) is 23.6 Å². The second-order valence-electron chi connectivity index (χ2n) is 9.47. The van der Waals surface area contributed by atoms with E-state index < -0.39 is 23.3 Å². The number of anilines is 1. The number of hydrogen-bond acceptors (Lipinski definition) is 4. The number of hydrogen-bond donors (Lipinski definition) is 0. The van der Waals surface area contributed by atoms with E-state index in [1.165, 1.54) is 43.2 Å². The Labute approximate surface area is 223 Å². The molecule has 38 heavy (non-hydrogen) atoms. The van der Waals surface area contributed by atoms with E-state index in [1.807, 2.05) is 16.7 Å². The fourth-order valence-corrected chi connectivity index (χ4v) is 5.68. The fourth-order valence-electron chi connectivity index (χ4n) is 5.55. The molecule has 0 bridgehead atoms. The van der Waals surface area contributed by atoms with Crippen molar-refractivity contribution in [3.8, 4) is 11.4 Å². The summed E-state index contributed by atoms with van der Waals surface area (Å²) in [5.41, 5.74) is 0.805. The first kappa shape index (κ1) is 25.9. The Balaban J connectivity index is 1.80. The van der Waals surface area contributed by atoms with Crippen LogP contribution >= 0.6 is 11.6 Å². The van der Waals surface area contributed by atoms with Crippen molar-refractivity contribution in [3.63, 3.8) is 0 Å². The van der Waals surface area contributed by atoms with Gasteiger partial charge in [-0.05, 0) is 80.3 Å². The van der Waals surface area contributed by atoms with E-state index in [9.17, 15) is 14.0 Å². The van der Waals surface area contributed by atoms with Gasteiger partial charge in [0.2, 0.25) is 5.91 Å². The van der Waals surface area contributed by atoms with E-state index in [-0.39, 0.29) is 17.2 Å². The molecule has 1 aliphatic rings. The Kier molecular flexibility index (Phi) is 6.92. The number of esters is 1. The van der Waals surface area contributed by atoms with Crippen LogP contribution in [0.4, 0.5) is 14.5 Å². The summed E-state index contributed by atoms with van der Waals surface area (Å²) in [5.74, 6) is -1.69. The Morgan fingerprint density at radius 3 is 2.34 bits per heavy atom. The lowest BCUT2D eigenvalue weighted by atomic mass is 9.85. The van der Waals surface area contributed by atoms with E-state index in [4.69, 9.17) is 21.3 Å². The average molecular weight is 538 g/mol. The molecule has 6 nitrogen and oxygen atoms in total. The number of rotatable bonds is 5. The van der Waals surface area contributed by atoms with Crippen LogP contribution < -0.4 is 4.90 Å². The Bertz CT molecular complexity index is 1530. The van der Waals surface area contributed by atoms with E-state index in [0.717, 1.165) is 30.9 Å². The van der Waals surface area contributed by atoms with Crippen LogP contribution in [-0.2, 0) is 15.2 Å². The van der Waals surface area contributed by atoms with Gasteiger partial charge in [0.15, 0.2) is 0 Å². The molecule has 0 saturated heterocycles. The second-order valence-corrected chi connectivity index (χ2v) is 9.90. The summed E-state index contributed by atoms with van der Waals surface area (Å²) in [4.78, 5) is 31.7. The summed E-state index contributed by atoms with van der Waals surface area (Å²) in [7, 11) is 1.22. The number of imidazole rings is 1. The Morgan fingerprint density at radius 1 is 1.00 bits per heavy atom. The molecule has 1 amide bonds. The minimum atomic E-state index is -1.04. The van der Waals surface area contributed by atoms with Crippen LogP contribution in [0.3, 0.4) is 0 Å². The van der Waals surface area contributed by atoms with Gasteiger partial charge in [0.1, 0.15) is 23.1 Å². The monoisotopic (exact) mass is 537 g/mol. The zero-order valence-electron chi connectivity index (χ0n) is 21.0. The third-order valence-electron chi connectivity index (χ3n) is 7.13. The Morgan fingerprint density at radius 2 is 1.71 bits per heavy atom. The highest BCUT2D eigenvalue weighted by Crippen LogP contribution is 2.46. The standard InChI is InChI=1S/C29H26ClF2N3O3/c1-18(36)34(25-12-8-20(16-23(25)32)28(37)38-2)29(14-4-3-5-15-29)35-26-13-11-22(31)17-24(26)33-27(35)19-6-9-21(30)10-7-19/h6-13,16-17H,3-5,14-15H2,1-2H3. The van der Waals surface area contributed by atoms with E-state index >= 15 is 4.39 Å². The summed E-state index contributed by atoms with van der Waals surface area (Å²) in [5, 5.41) is 0.549. The zero-order valence-corrected chi connectivity index (χ0v) is 21.8. The molecule has 1 aliphatic carbocycles. The minimum absolute atomic E-state index is 0.0399. The van der Waals surface area contributed by atoms with Gasteiger partial charge in [-0.25, -0.2) is 18.6 Å². The number of nitrogens with zero attached hydrogens (tertiary/aromatic N) is 3. The maximum absolute atomic E-state index is 15.7. The minimum Gasteiger partial charge on any atom is -0.465 e. The topological polar surface area (TPSA) is 64.4 Å². The number of amides is 1. The molecule has 0 N–H and O–H groups in total. The molecular weight excluding hydrogens is 512 g/mol. The number of fused-ring (bicyclic) bond motifs is 1. The molecular formula is C29H26ClF2N3O3. The highest BCUT2D eigenvalue weighted by atomic mass is 35.5. The van der Waals surface area contributed by atoms with Crippen LogP contribution in [0.2, 0.25) is 5.02 Å². The van der Waals surface area contributed by atoms with E-state index in [0.29, 0.717) is 34.7 Å². The van der Waals surface area contributed by atoms with Gasteiger partial charge in [-0.15, -0.1) is 0 Å². The van der Waals surface area contributed by atoms with Crippen molar-refractivity contribution in [3.05, 3.63) is 82.9 Å². The fraction of sp³-hybridized carbons (Fsp3) is 0.276. The molecule has 0 radical (unpaired) electrons. The SMILES string of the molecule is COC(=O)c1ccc(N(C(C)=O)C2(n3c(-c4ccc(Cl)cc4)nc4cc(F)ccc43)CCCCC2)c(F)c1. The smallest absolute Gasteiger partial charge is 0.337 e. The van der Waals surface area contributed by atoms with Gasteiger partial charge < -0.3 is 4.74 Å². The Hall–Kier alpha value is -3.78. The molecule has 0 aliphatic heterocycles. The molecule has 0 atom stereocenters. The van der Waals surface area contributed by atoms with Gasteiger partial charge in [0.05, 0.1) is 29.4 Å². The molecule has 1 heterocycles. The van der Waals surface area contributed by atoms with Crippen LogP contribution in [0.1, 0.15) is 49.4 Å². The van der Waals surface area contributed by atoms with Crippen LogP contribution in [0.25, 0.3) is 22.4 Å². The first-order valence-electron chi connectivity index (χ1n) is 12.4. The van der Waals surface area contributed by atoms with Crippen molar-refractivity contribution >= 4 is 40.2 Å². The zero-order chi connectivity index (χ0) is 27.0. The number of benzene rings is 3. The van der Waals surface area contributed by atoms with Crippen molar-refractivity contribution in [2.75, 3.05) is 12.0 Å². The normalized spacial score (nSPS) is 14.9. The lowest BCUT2D eigenvalue weighted by Gasteiger charge is -2.48. The maximum atomic E-state index is 15.7. The molecule has 9 heteroatoms. The summed E-state index contributed by atoms with van der Waals surface area (Å²) in [6, 6.07) is 15.4. The summed E-state index contributed by atoms with van der Waals surface area (Å²) in [6.45, 7) is 1.39. The highest BCUT2D eigenvalue weighted by molar-refractivity contribution is 6.30. The summed E-state index contributed by atoms with van der Waals surface area (Å²) < 4.78 is 36.6. The predicted molar refractivity (Wildman–Crippen MR) is 142 cm³/mol. The number of methoxy groups -OCH3 is 1. The third kappa shape index (κ3) is 4.43. The van der Waals surface area contributed by atoms with Crippen molar-refractivity contribution in [2.45, 2.75) is 44.7 Å². The second kappa shape index (κ2) is 10.2. The van der Waals surface area contributed by atoms with Gasteiger partial charge in [-0.3, -0.25) is 14.3 Å². The first-order valence-corrected chi connectivity index (χ1v) is 12.8. The van der Waals surface area contributed by atoms with Crippen LogP contribution in [0.15, 0.2) is 60.7 Å². The summed E-state index contributed by atoms with van der Waals surface area (Å²) >= 11 is 6.15. The number of carbonyl (C=O) groups is 2. The summed E-state index contributed by atoms with van der Waals surface area (Å²) in [6.07, 6.45) is 3.57. The van der Waals surface area contributed by atoms with Crippen LogP contribution in [0.5, 0.6) is 0 Å². The van der Waals surface area contributed by atoms with Gasteiger partial charge in [-0.1, -0.05) is 18.0 Å². The van der Waals surface area contributed by atoms with Crippen molar-refractivity contribution in [1.29, 1.82) is 0 Å². The highest BCUT2D eigenvalue weighted by Gasteiger charge is 2.45. The molecule has 1 saturated carbocycles. The molecule has 3 aromatic carbocycles. The molecule has 0 spiro atoms. The lowest BCUT2D eigenvalue weighted by molar-refractivity contribution is -0.119. The largest absolute Gasteiger partial charge is 0.465 e. The number of carbonyl (C=O) groups excluding carboxylic acids is 2. The van der Waals surface area contributed by atoms with Gasteiger partial charge >= 0.3 is 5.97 Å². The maximum Gasteiger partial charge on any atom is 0.337 e. The third-order valence-corrected chi connectivity index (χ3v) is 7.38. The molecule has 1 aromatic heterocycles. The quantitative estimate of drug-likeness (QED) is 0.255. The van der Waals surface area contributed by atoms with E-state index in [2.05, 4.69) is 0 Å². The van der Waals surface area contributed by atoms with Gasteiger partial charge in [-0.2, -0.15) is 0 Å². The van der Waals surface area contributed by atoms with Crippen LogP contribution in [-0.4, -0.2) is 28.5 Å². The predicted octanol–water partition coefficient (Wildman–Crippen LogP) is 7.09. The van der Waals surface area contributed by atoms with Crippen molar-refractivity contribution < 1.29 is 23.1 Å². The van der Waals surface area contributed by atoms with Gasteiger partial charge in [0.25, 0.3) is 0 Å². The number of aromatic nitrogens is 2. The molecule has 0 unspecified atom stereocenters. The molecule has 4 aromatic rings. The number of ether oxygens (including phenoxy) is 1. The molecule has 196 valence electrons. The molecule has 5 rings (SSSR count). The molecule has 1 fully saturated rings. The lowest BCUT2D eigenvalue weighted by Crippen LogP contribution is -2.55. The number of halogens is 3. The average Bonchev–Trinajstić information content (AvgIpc) is 3.29. The van der Waals surface area contributed by atoms with Crippen molar-refractivity contribution in [2.24, 2.45) is 0 Å². The van der Waals surface area contributed by atoms with Crippen LogP contribution in [0, 0.1) is 11.6 Å². The van der Waals surface area contributed by atoms with Crippen molar-refractivity contribution in [1.82, 2.24) is 9.55 Å². The van der Waals surface area contributed by atoms with E-state index in [1.54, 1.807) is 18.2 Å². The first-order chi connectivity index (χ1) is 18.2.